The number of aromatic nitrogens is 1. The molecule has 0 aliphatic carbocycles. The van der Waals surface area contributed by atoms with Crippen LogP contribution in [0.3, 0.4) is 0 Å². The van der Waals surface area contributed by atoms with Crippen LogP contribution in [-0.4, -0.2) is 12.1 Å². The molecule has 0 amide bonds. The molecule has 1 unspecified atom stereocenters. The van der Waals surface area contributed by atoms with Crippen LogP contribution in [0.5, 0.6) is 5.75 Å². The summed E-state index contributed by atoms with van der Waals surface area (Å²) < 4.78 is 5.26. The smallest absolute Gasteiger partial charge is 0.123 e. The van der Waals surface area contributed by atoms with Gasteiger partial charge in [-0.3, -0.25) is 0 Å². The van der Waals surface area contributed by atoms with Gasteiger partial charge < -0.3 is 10.5 Å². The second kappa shape index (κ2) is 6.97. The molecule has 2 aromatic carbocycles. The fraction of sp³-hybridized carbons (Fsp3) is 0.150. The lowest BCUT2D eigenvalue weighted by molar-refractivity contribution is 0.414. The maximum atomic E-state index is 5.82. The van der Waals surface area contributed by atoms with E-state index >= 15 is 0 Å². The Morgan fingerprint density at radius 2 is 1.57 bits per heavy atom. The Bertz CT molecular complexity index is 754. The molecular formula is C20H20N2O. The van der Waals surface area contributed by atoms with Crippen molar-refractivity contribution in [2.45, 2.75) is 12.3 Å². The molecule has 3 heteroatoms. The van der Waals surface area contributed by atoms with E-state index in [1.54, 1.807) is 7.11 Å². The fourth-order valence-electron chi connectivity index (χ4n) is 2.77. The molecule has 3 rings (SSSR count). The van der Waals surface area contributed by atoms with Gasteiger partial charge in [0, 0.05) is 18.0 Å². The summed E-state index contributed by atoms with van der Waals surface area (Å²) in [6.07, 6.45) is 0.807. The van der Waals surface area contributed by atoms with Crippen molar-refractivity contribution in [2.75, 3.05) is 12.8 Å². The van der Waals surface area contributed by atoms with E-state index in [2.05, 4.69) is 41.4 Å². The maximum Gasteiger partial charge on any atom is 0.123 e. The number of hydrogen-bond acceptors (Lipinski definition) is 3. The third-order valence-corrected chi connectivity index (χ3v) is 3.96. The van der Waals surface area contributed by atoms with E-state index < -0.39 is 0 Å². The first-order valence-electron chi connectivity index (χ1n) is 7.66. The van der Waals surface area contributed by atoms with E-state index in [1.165, 1.54) is 11.1 Å². The highest BCUT2D eigenvalue weighted by molar-refractivity contribution is 5.38. The Morgan fingerprint density at radius 3 is 2.22 bits per heavy atom. The highest BCUT2D eigenvalue weighted by atomic mass is 16.5. The standard InChI is InChI=1S/C20H20N2O/c1-23-18-12-10-16(11-13-18)19(15-6-3-2-4-7-15)14-17-8-5-9-20(21)22-17/h2-13,19H,14H2,1H3,(H2,21,22). The predicted octanol–water partition coefficient (Wildman–Crippen LogP) is 4.05. The summed E-state index contributed by atoms with van der Waals surface area (Å²) in [4.78, 5) is 4.45. The zero-order valence-electron chi connectivity index (χ0n) is 13.1. The molecule has 0 spiro atoms. The molecule has 3 aromatic rings. The van der Waals surface area contributed by atoms with Gasteiger partial charge in [0.05, 0.1) is 7.11 Å². The van der Waals surface area contributed by atoms with Crippen LogP contribution in [-0.2, 0) is 6.42 Å². The third kappa shape index (κ3) is 3.69. The van der Waals surface area contributed by atoms with E-state index in [1.807, 2.05) is 36.4 Å². The SMILES string of the molecule is COc1ccc(C(Cc2cccc(N)n2)c2ccccc2)cc1. The first kappa shape index (κ1) is 15.1. The highest BCUT2D eigenvalue weighted by Crippen LogP contribution is 2.29. The normalized spacial score (nSPS) is 11.9. The zero-order valence-corrected chi connectivity index (χ0v) is 13.1. The van der Waals surface area contributed by atoms with E-state index in [4.69, 9.17) is 10.5 Å². The van der Waals surface area contributed by atoms with Gasteiger partial charge in [0.2, 0.25) is 0 Å². The van der Waals surface area contributed by atoms with Gasteiger partial charge in [-0.2, -0.15) is 0 Å². The summed E-state index contributed by atoms with van der Waals surface area (Å²) in [7, 11) is 1.68. The second-order valence-corrected chi connectivity index (χ2v) is 5.49. The summed E-state index contributed by atoms with van der Waals surface area (Å²) in [5.74, 6) is 1.66. The number of nitrogen functional groups attached to an aromatic ring is 1. The number of rotatable bonds is 5. The van der Waals surface area contributed by atoms with E-state index in [0.29, 0.717) is 5.82 Å². The average Bonchev–Trinajstić information content (AvgIpc) is 2.61. The largest absolute Gasteiger partial charge is 0.497 e. The van der Waals surface area contributed by atoms with Crippen LogP contribution in [0.15, 0.2) is 72.8 Å². The number of methoxy groups -OCH3 is 1. The molecule has 1 atom stereocenters. The topological polar surface area (TPSA) is 48.1 Å². The number of benzene rings is 2. The minimum Gasteiger partial charge on any atom is -0.497 e. The molecule has 3 nitrogen and oxygen atoms in total. The molecule has 23 heavy (non-hydrogen) atoms. The van der Waals surface area contributed by atoms with Crippen LogP contribution in [0.4, 0.5) is 5.82 Å². The van der Waals surface area contributed by atoms with Crippen molar-refractivity contribution in [3.8, 4) is 5.75 Å². The molecule has 0 bridgehead atoms. The first-order valence-corrected chi connectivity index (χ1v) is 7.66. The molecule has 0 aliphatic heterocycles. The van der Waals surface area contributed by atoms with Crippen molar-refractivity contribution in [3.05, 3.63) is 89.6 Å². The van der Waals surface area contributed by atoms with Crippen LogP contribution < -0.4 is 10.5 Å². The van der Waals surface area contributed by atoms with Crippen LogP contribution in [0.25, 0.3) is 0 Å². The van der Waals surface area contributed by atoms with Gasteiger partial charge in [0.15, 0.2) is 0 Å². The van der Waals surface area contributed by atoms with Crippen molar-refractivity contribution >= 4 is 5.82 Å². The molecule has 1 aromatic heterocycles. The monoisotopic (exact) mass is 304 g/mol. The second-order valence-electron chi connectivity index (χ2n) is 5.49. The van der Waals surface area contributed by atoms with Crippen molar-refractivity contribution in [1.29, 1.82) is 0 Å². The highest BCUT2D eigenvalue weighted by Gasteiger charge is 2.16. The lowest BCUT2D eigenvalue weighted by Crippen LogP contribution is -2.07. The summed E-state index contributed by atoms with van der Waals surface area (Å²) in [5, 5.41) is 0. The maximum absolute atomic E-state index is 5.82. The Balaban J connectivity index is 1.96. The summed E-state index contributed by atoms with van der Waals surface area (Å²) >= 11 is 0. The predicted molar refractivity (Wildman–Crippen MR) is 93.6 cm³/mol. The Morgan fingerprint density at radius 1 is 0.870 bits per heavy atom. The summed E-state index contributed by atoms with van der Waals surface area (Å²) in [6, 6.07) is 24.5. The minimum atomic E-state index is 0.233. The zero-order chi connectivity index (χ0) is 16.1. The molecule has 0 saturated carbocycles. The molecular weight excluding hydrogens is 284 g/mol. The number of hydrogen-bond donors (Lipinski definition) is 1. The van der Waals surface area contributed by atoms with Gasteiger partial charge in [-0.1, -0.05) is 48.5 Å². The quantitative estimate of drug-likeness (QED) is 0.773. The fourth-order valence-corrected chi connectivity index (χ4v) is 2.77. The van der Waals surface area contributed by atoms with E-state index in [-0.39, 0.29) is 5.92 Å². The number of nitrogens with zero attached hydrogens (tertiary/aromatic N) is 1. The number of pyridine rings is 1. The van der Waals surface area contributed by atoms with Gasteiger partial charge in [-0.05, 0) is 35.4 Å². The molecule has 0 fully saturated rings. The van der Waals surface area contributed by atoms with Gasteiger partial charge in [0.1, 0.15) is 11.6 Å². The lowest BCUT2D eigenvalue weighted by atomic mass is 9.87. The van der Waals surface area contributed by atoms with Gasteiger partial charge in [0.25, 0.3) is 0 Å². The van der Waals surface area contributed by atoms with Gasteiger partial charge >= 0.3 is 0 Å². The molecule has 0 saturated heterocycles. The third-order valence-electron chi connectivity index (χ3n) is 3.96. The Hall–Kier alpha value is -2.81. The van der Waals surface area contributed by atoms with Crippen molar-refractivity contribution < 1.29 is 4.74 Å². The van der Waals surface area contributed by atoms with E-state index in [9.17, 15) is 0 Å². The van der Waals surface area contributed by atoms with Crippen molar-refractivity contribution in [3.63, 3.8) is 0 Å². The summed E-state index contributed by atoms with van der Waals surface area (Å²) in [5.41, 5.74) is 9.32. The number of nitrogens with two attached hydrogens (primary N) is 1. The van der Waals surface area contributed by atoms with Crippen molar-refractivity contribution in [2.24, 2.45) is 0 Å². The first-order chi connectivity index (χ1) is 11.3. The van der Waals surface area contributed by atoms with Crippen molar-refractivity contribution in [1.82, 2.24) is 4.98 Å². The van der Waals surface area contributed by atoms with Crippen LogP contribution in [0.1, 0.15) is 22.7 Å². The molecule has 0 radical (unpaired) electrons. The van der Waals surface area contributed by atoms with Gasteiger partial charge in [-0.15, -0.1) is 0 Å². The Kier molecular flexibility index (Phi) is 4.57. The minimum absolute atomic E-state index is 0.233. The lowest BCUT2D eigenvalue weighted by Gasteiger charge is -2.18. The molecule has 1 heterocycles. The van der Waals surface area contributed by atoms with Gasteiger partial charge in [-0.25, -0.2) is 4.98 Å². The Labute approximate surface area is 136 Å². The molecule has 2 N–H and O–H groups in total. The molecule has 0 aliphatic rings. The average molecular weight is 304 g/mol. The van der Waals surface area contributed by atoms with E-state index in [0.717, 1.165) is 17.9 Å². The van der Waals surface area contributed by atoms with Crippen LogP contribution in [0, 0.1) is 0 Å². The summed E-state index contributed by atoms with van der Waals surface area (Å²) in [6.45, 7) is 0. The number of ether oxygens (including phenoxy) is 1. The number of anilines is 1. The van der Waals surface area contributed by atoms with Crippen LogP contribution >= 0.6 is 0 Å². The molecule has 116 valence electrons. The van der Waals surface area contributed by atoms with Crippen LogP contribution in [0.2, 0.25) is 0 Å².